The van der Waals surface area contributed by atoms with Gasteiger partial charge < -0.3 is 11.1 Å². The Kier molecular flexibility index (Phi) is 3.64. The van der Waals surface area contributed by atoms with Crippen LogP contribution in [0.5, 0.6) is 0 Å². The standard InChI is InChI=1S/C13H12BrFN2/c14-10-5-3-6-11(15)13(10)17-8-9-4-1-2-7-12(9)16/h1-7,17H,8,16H2. The van der Waals surface area contributed by atoms with Crippen LogP contribution in [-0.2, 0) is 6.54 Å². The van der Waals surface area contributed by atoms with E-state index >= 15 is 0 Å². The molecule has 0 spiro atoms. The van der Waals surface area contributed by atoms with E-state index in [2.05, 4.69) is 21.2 Å². The second-order valence-electron chi connectivity index (χ2n) is 3.65. The molecule has 2 aromatic carbocycles. The zero-order valence-electron chi connectivity index (χ0n) is 9.08. The Labute approximate surface area is 108 Å². The van der Waals surface area contributed by atoms with Crippen molar-refractivity contribution in [3.63, 3.8) is 0 Å². The van der Waals surface area contributed by atoms with Crippen molar-refractivity contribution in [2.75, 3.05) is 11.1 Å². The van der Waals surface area contributed by atoms with Gasteiger partial charge in [0.15, 0.2) is 0 Å². The Bertz CT molecular complexity index is 508. The van der Waals surface area contributed by atoms with E-state index in [9.17, 15) is 4.39 Å². The van der Waals surface area contributed by atoms with Gasteiger partial charge in [-0.1, -0.05) is 24.3 Å². The second-order valence-corrected chi connectivity index (χ2v) is 4.50. The molecular weight excluding hydrogens is 283 g/mol. The van der Waals surface area contributed by atoms with Gasteiger partial charge in [-0.2, -0.15) is 0 Å². The van der Waals surface area contributed by atoms with Crippen molar-refractivity contribution in [2.45, 2.75) is 6.54 Å². The summed E-state index contributed by atoms with van der Waals surface area (Å²) in [6, 6.07) is 12.4. The van der Waals surface area contributed by atoms with Gasteiger partial charge in [0.1, 0.15) is 5.82 Å². The molecule has 0 bridgehead atoms. The van der Waals surface area contributed by atoms with Crippen molar-refractivity contribution in [2.24, 2.45) is 0 Å². The predicted octanol–water partition coefficient (Wildman–Crippen LogP) is 3.78. The molecule has 0 unspecified atom stereocenters. The number of rotatable bonds is 3. The molecule has 0 saturated carbocycles. The van der Waals surface area contributed by atoms with Gasteiger partial charge in [-0.05, 0) is 39.7 Å². The normalized spacial score (nSPS) is 10.2. The van der Waals surface area contributed by atoms with Crippen molar-refractivity contribution >= 4 is 27.3 Å². The third-order valence-corrected chi connectivity index (χ3v) is 3.13. The van der Waals surface area contributed by atoms with E-state index in [1.807, 2.05) is 24.3 Å². The minimum atomic E-state index is -0.283. The highest BCUT2D eigenvalue weighted by Crippen LogP contribution is 2.26. The van der Waals surface area contributed by atoms with E-state index in [1.165, 1.54) is 6.07 Å². The SMILES string of the molecule is Nc1ccccc1CNc1c(F)cccc1Br. The van der Waals surface area contributed by atoms with Crippen LogP contribution in [-0.4, -0.2) is 0 Å². The van der Waals surface area contributed by atoms with Gasteiger partial charge in [0.2, 0.25) is 0 Å². The van der Waals surface area contributed by atoms with Crippen molar-refractivity contribution in [3.8, 4) is 0 Å². The van der Waals surface area contributed by atoms with Gasteiger partial charge >= 0.3 is 0 Å². The Morgan fingerprint density at radius 3 is 2.59 bits per heavy atom. The molecule has 0 radical (unpaired) electrons. The van der Waals surface area contributed by atoms with Crippen LogP contribution < -0.4 is 11.1 Å². The third-order valence-electron chi connectivity index (χ3n) is 2.47. The molecule has 0 atom stereocenters. The Morgan fingerprint density at radius 1 is 1.12 bits per heavy atom. The average molecular weight is 295 g/mol. The first-order valence-corrected chi connectivity index (χ1v) is 5.99. The molecule has 17 heavy (non-hydrogen) atoms. The zero-order valence-corrected chi connectivity index (χ0v) is 10.7. The lowest BCUT2D eigenvalue weighted by atomic mass is 10.2. The third kappa shape index (κ3) is 2.77. The van der Waals surface area contributed by atoms with Crippen LogP contribution in [0.4, 0.5) is 15.8 Å². The molecule has 0 aliphatic rings. The maximum atomic E-state index is 13.5. The molecule has 4 heteroatoms. The van der Waals surface area contributed by atoms with E-state index in [-0.39, 0.29) is 5.82 Å². The van der Waals surface area contributed by atoms with E-state index < -0.39 is 0 Å². The van der Waals surface area contributed by atoms with Crippen LogP contribution in [0.2, 0.25) is 0 Å². The van der Waals surface area contributed by atoms with Gasteiger partial charge in [0, 0.05) is 16.7 Å². The summed E-state index contributed by atoms with van der Waals surface area (Å²) in [6.45, 7) is 0.492. The summed E-state index contributed by atoms with van der Waals surface area (Å²) >= 11 is 3.31. The number of nitrogens with two attached hydrogens (primary N) is 1. The van der Waals surface area contributed by atoms with Crippen molar-refractivity contribution in [1.82, 2.24) is 0 Å². The van der Waals surface area contributed by atoms with Crippen molar-refractivity contribution in [1.29, 1.82) is 0 Å². The number of para-hydroxylation sites is 2. The fourth-order valence-electron chi connectivity index (χ4n) is 1.55. The zero-order chi connectivity index (χ0) is 12.3. The van der Waals surface area contributed by atoms with E-state index in [0.29, 0.717) is 22.4 Å². The maximum Gasteiger partial charge on any atom is 0.147 e. The lowest BCUT2D eigenvalue weighted by molar-refractivity contribution is 0.629. The molecule has 2 nitrogen and oxygen atoms in total. The number of nitrogens with one attached hydrogen (secondary N) is 1. The van der Waals surface area contributed by atoms with E-state index in [1.54, 1.807) is 12.1 Å². The van der Waals surface area contributed by atoms with Crippen LogP contribution in [0, 0.1) is 5.82 Å². The summed E-state index contributed by atoms with van der Waals surface area (Å²) in [5.41, 5.74) is 7.92. The number of benzene rings is 2. The first-order valence-electron chi connectivity index (χ1n) is 5.20. The van der Waals surface area contributed by atoms with Crippen LogP contribution in [0.3, 0.4) is 0 Å². The number of anilines is 2. The van der Waals surface area contributed by atoms with E-state index in [4.69, 9.17) is 5.73 Å². The summed E-state index contributed by atoms with van der Waals surface area (Å²) in [7, 11) is 0. The molecule has 0 amide bonds. The summed E-state index contributed by atoms with van der Waals surface area (Å²) in [5.74, 6) is -0.283. The quantitative estimate of drug-likeness (QED) is 0.846. The molecule has 0 heterocycles. The molecule has 0 aliphatic carbocycles. The Morgan fingerprint density at radius 2 is 1.88 bits per heavy atom. The topological polar surface area (TPSA) is 38.0 Å². The van der Waals surface area contributed by atoms with Crippen molar-refractivity contribution in [3.05, 3.63) is 58.3 Å². The van der Waals surface area contributed by atoms with Gasteiger partial charge in [-0.15, -0.1) is 0 Å². The summed E-state index contributed by atoms with van der Waals surface area (Å²) in [4.78, 5) is 0. The van der Waals surface area contributed by atoms with E-state index in [0.717, 1.165) is 5.56 Å². The Balaban J connectivity index is 2.16. The molecule has 0 aliphatic heterocycles. The van der Waals surface area contributed by atoms with Crippen LogP contribution in [0.25, 0.3) is 0 Å². The van der Waals surface area contributed by atoms with Crippen LogP contribution >= 0.6 is 15.9 Å². The highest BCUT2D eigenvalue weighted by Gasteiger charge is 2.06. The fraction of sp³-hybridized carbons (Fsp3) is 0.0769. The van der Waals surface area contributed by atoms with Gasteiger partial charge in [-0.25, -0.2) is 4.39 Å². The summed E-state index contributed by atoms with van der Waals surface area (Å²) in [5, 5.41) is 3.04. The van der Waals surface area contributed by atoms with Crippen LogP contribution in [0.15, 0.2) is 46.9 Å². The predicted molar refractivity (Wildman–Crippen MR) is 72.3 cm³/mol. The molecule has 0 fully saturated rings. The molecule has 2 rings (SSSR count). The van der Waals surface area contributed by atoms with Gasteiger partial charge in [0.25, 0.3) is 0 Å². The number of nitrogen functional groups attached to an aromatic ring is 1. The first kappa shape index (κ1) is 11.9. The molecular formula is C13H12BrFN2. The first-order chi connectivity index (χ1) is 8.18. The highest BCUT2D eigenvalue weighted by molar-refractivity contribution is 9.10. The van der Waals surface area contributed by atoms with Gasteiger partial charge in [0.05, 0.1) is 5.69 Å². The number of halogens is 2. The summed E-state index contributed by atoms with van der Waals surface area (Å²) in [6.07, 6.45) is 0. The Hall–Kier alpha value is -1.55. The fourth-order valence-corrected chi connectivity index (χ4v) is 2.03. The summed E-state index contributed by atoms with van der Waals surface area (Å²) < 4.78 is 14.2. The molecule has 0 saturated heterocycles. The van der Waals surface area contributed by atoms with Crippen LogP contribution in [0.1, 0.15) is 5.56 Å². The smallest absolute Gasteiger partial charge is 0.147 e. The molecule has 2 aromatic rings. The van der Waals surface area contributed by atoms with Gasteiger partial charge in [-0.3, -0.25) is 0 Å². The minimum Gasteiger partial charge on any atom is -0.398 e. The highest BCUT2D eigenvalue weighted by atomic mass is 79.9. The van der Waals surface area contributed by atoms with Crippen molar-refractivity contribution < 1.29 is 4.39 Å². The molecule has 0 aromatic heterocycles. The number of hydrogen-bond acceptors (Lipinski definition) is 2. The maximum absolute atomic E-state index is 13.5. The largest absolute Gasteiger partial charge is 0.398 e. The number of hydrogen-bond donors (Lipinski definition) is 2. The monoisotopic (exact) mass is 294 g/mol. The average Bonchev–Trinajstić information content (AvgIpc) is 2.30. The lowest BCUT2D eigenvalue weighted by Gasteiger charge is -2.11. The minimum absolute atomic E-state index is 0.283. The lowest BCUT2D eigenvalue weighted by Crippen LogP contribution is -2.04. The second kappa shape index (κ2) is 5.19. The molecule has 3 N–H and O–H groups in total. The molecule has 88 valence electrons.